The van der Waals surface area contributed by atoms with Gasteiger partial charge in [0.2, 0.25) is 15.9 Å². The molecular formula is C18H24N2O6S2. The molecule has 154 valence electrons. The lowest BCUT2D eigenvalue weighted by Crippen LogP contribution is -2.43. The maximum absolute atomic E-state index is 13.1. The van der Waals surface area contributed by atoms with Gasteiger partial charge < -0.3 is 4.90 Å². The first kappa shape index (κ1) is 20.8. The number of likely N-dealkylation sites (tertiary alicyclic amines) is 1. The molecule has 2 aliphatic heterocycles. The van der Waals surface area contributed by atoms with E-state index in [0.717, 1.165) is 16.8 Å². The van der Waals surface area contributed by atoms with Crippen LogP contribution in [-0.2, 0) is 24.7 Å². The Labute approximate surface area is 165 Å². The molecule has 2 amide bonds. The number of carbonyl (C=O) groups excluding carboxylic acids is 2. The molecule has 28 heavy (non-hydrogen) atoms. The summed E-state index contributed by atoms with van der Waals surface area (Å²) in [5, 5.41) is 0. The molecule has 0 aromatic heterocycles. The van der Waals surface area contributed by atoms with Crippen molar-refractivity contribution in [3.8, 4) is 0 Å². The largest absolute Gasteiger partial charge is 0.333 e. The Morgan fingerprint density at radius 2 is 1.71 bits per heavy atom. The number of hydrogen-bond donors (Lipinski definition) is 0. The van der Waals surface area contributed by atoms with Crippen molar-refractivity contribution in [1.29, 1.82) is 0 Å². The Hall–Kier alpha value is -1.94. The van der Waals surface area contributed by atoms with E-state index in [2.05, 4.69) is 0 Å². The van der Waals surface area contributed by atoms with Gasteiger partial charge in [-0.1, -0.05) is 13.3 Å². The lowest BCUT2D eigenvalue weighted by Gasteiger charge is -2.27. The molecule has 8 nitrogen and oxygen atoms in total. The smallest absolute Gasteiger partial charge is 0.254 e. The van der Waals surface area contributed by atoms with Crippen molar-refractivity contribution in [1.82, 2.24) is 9.21 Å². The normalized spacial score (nSPS) is 25.2. The van der Waals surface area contributed by atoms with Crippen molar-refractivity contribution in [2.75, 3.05) is 19.1 Å². The van der Waals surface area contributed by atoms with Gasteiger partial charge in [-0.15, -0.1) is 0 Å². The molecule has 2 fully saturated rings. The third kappa shape index (κ3) is 3.55. The molecule has 1 aromatic rings. The second-order valence-electron chi connectivity index (χ2n) is 7.43. The summed E-state index contributed by atoms with van der Waals surface area (Å²) in [4.78, 5) is 27.5. The molecule has 0 aliphatic carbocycles. The average Bonchev–Trinajstić information content (AvgIpc) is 3.12. The standard InChI is InChI=1S/C18H24N2O6S2/c1-4-5-14-16-15(20(18(14)22)28(3,25)26)10-11-19(16)17(21)12-6-8-13(9-7-12)27(2,23)24/h6-9,14-16H,4-5,10-11H2,1-3H3/t14-,15+,16-/m1/s1. The van der Waals surface area contributed by atoms with Crippen LogP contribution in [-0.4, -0.2) is 69.0 Å². The van der Waals surface area contributed by atoms with Crippen LogP contribution in [0.4, 0.5) is 0 Å². The van der Waals surface area contributed by atoms with Gasteiger partial charge in [-0.3, -0.25) is 9.59 Å². The van der Waals surface area contributed by atoms with Gasteiger partial charge in [-0.2, -0.15) is 0 Å². The second kappa shape index (κ2) is 7.14. The minimum atomic E-state index is -3.71. The zero-order valence-corrected chi connectivity index (χ0v) is 17.7. The maximum atomic E-state index is 13.1. The van der Waals surface area contributed by atoms with Gasteiger partial charge in [0.05, 0.1) is 29.2 Å². The van der Waals surface area contributed by atoms with Crippen molar-refractivity contribution in [3.63, 3.8) is 0 Å². The number of fused-ring (bicyclic) bond motifs is 1. The molecule has 3 atom stereocenters. The van der Waals surface area contributed by atoms with Crippen LogP contribution in [0.25, 0.3) is 0 Å². The van der Waals surface area contributed by atoms with Crippen LogP contribution in [0.5, 0.6) is 0 Å². The third-order valence-corrected chi connectivity index (χ3v) is 7.71. The number of hydrogen-bond acceptors (Lipinski definition) is 6. The van der Waals surface area contributed by atoms with Crippen LogP contribution >= 0.6 is 0 Å². The van der Waals surface area contributed by atoms with Crippen molar-refractivity contribution >= 4 is 31.7 Å². The molecule has 0 saturated carbocycles. The fraction of sp³-hybridized carbons (Fsp3) is 0.556. The first-order valence-electron chi connectivity index (χ1n) is 9.11. The molecule has 2 heterocycles. The monoisotopic (exact) mass is 428 g/mol. The summed E-state index contributed by atoms with van der Waals surface area (Å²) < 4.78 is 48.5. The fourth-order valence-electron chi connectivity index (χ4n) is 4.28. The van der Waals surface area contributed by atoms with E-state index in [9.17, 15) is 26.4 Å². The van der Waals surface area contributed by atoms with Crippen LogP contribution in [0.1, 0.15) is 36.5 Å². The molecule has 1 aromatic carbocycles. The summed E-state index contributed by atoms with van der Waals surface area (Å²) in [5.74, 6) is -1.31. The third-order valence-electron chi connectivity index (χ3n) is 5.42. The highest BCUT2D eigenvalue weighted by atomic mass is 32.2. The molecule has 0 N–H and O–H groups in total. The van der Waals surface area contributed by atoms with Crippen molar-refractivity contribution in [2.24, 2.45) is 5.92 Å². The number of carbonyl (C=O) groups is 2. The van der Waals surface area contributed by atoms with Crippen LogP contribution in [0.15, 0.2) is 29.2 Å². The van der Waals surface area contributed by atoms with Gasteiger partial charge in [0.25, 0.3) is 5.91 Å². The average molecular weight is 429 g/mol. The van der Waals surface area contributed by atoms with Gasteiger partial charge in [0.1, 0.15) is 0 Å². The molecule has 2 saturated heterocycles. The Balaban J connectivity index is 1.93. The lowest BCUT2D eigenvalue weighted by atomic mass is 9.94. The highest BCUT2D eigenvalue weighted by molar-refractivity contribution is 7.90. The summed E-state index contributed by atoms with van der Waals surface area (Å²) >= 11 is 0. The summed E-state index contributed by atoms with van der Waals surface area (Å²) in [7, 11) is -7.08. The molecule has 0 spiro atoms. The fourth-order valence-corrected chi connectivity index (χ4v) is 6.09. The van der Waals surface area contributed by atoms with E-state index in [0.29, 0.717) is 31.4 Å². The predicted molar refractivity (Wildman–Crippen MR) is 103 cm³/mol. The van der Waals surface area contributed by atoms with Gasteiger partial charge in [-0.05, 0) is 37.1 Å². The minimum absolute atomic E-state index is 0.117. The Kier molecular flexibility index (Phi) is 5.30. The van der Waals surface area contributed by atoms with E-state index >= 15 is 0 Å². The molecular weight excluding hydrogens is 404 g/mol. The Morgan fingerprint density at radius 1 is 1.11 bits per heavy atom. The molecule has 10 heteroatoms. The van der Waals surface area contributed by atoms with E-state index in [-0.39, 0.29) is 10.8 Å². The zero-order chi connectivity index (χ0) is 20.9. The maximum Gasteiger partial charge on any atom is 0.254 e. The summed E-state index contributed by atoms with van der Waals surface area (Å²) in [6.07, 6.45) is 3.71. The molecule has 0 bridgehead atoms. The number of rotatable bonds is 5. The highest BCUT2D eigenvalue weighted by Crippen LogP contribution is 2.40. The van der Waals surface area contributed by atoms with E-state index in [1.807, 2.05) is 6.92 Å². The quantitative estimate of drug-likeness (QED) is 0.689. The highest BCUT2D eigenvalue weighted by Gasteiger charge is 2.57. The molecule has 0 unspecified atom stereocenters. The van der Waals surface area contributed by atoms with Gasteiger partial charge in [0, 0.05) is 18.4 Å². The molecule has 2 aliphatic rings. The van der Waals surface area contributed by atoms with E-state index < -0.39 is 43.8 Å². The predicted octanol–water partition coefficient (Wildman–Crippen LogP) is 0.891. The van der Waals surface area contributed by atoms with E-state index in [1.165, 1.54) is 24.3 Å². The van der Waals surface area contributed by atoms with Crippen LogP contribution in [0.2, 0.25) is 0 Å². The first-order chi connectivity index (χ1) is 13.0. The molecule has 0 radical (unpaired) electrons. The Bertz CT molecular complexity index is 1000. The number of sulfone groups is 1. The van der Waals surface area contributed by atoms with Crippen molar-refractivity contribution < 1.29 is 26.4 Å². The zero-order valence-electron chi connectivity index (χ0n) is 16.0. The van der Waals surface area contributed by atoms with Crippen LogP contribution in [0.3, 0.4) is 0 Å². The van der Waals surface area contributed by atoms with E-state index in [4.69, 9.17) is 0 Å². The first-order valence-corrected chi connectivity index (χ1v) is 12.8. The number of nitrogens with zero attached hydrogens (tertiary/aromatic N) is 2. The lowest BCUT2D eigenvalue weighted by molar-refractivity contribution is -0.128. The van der Waals surface area contributed by atoms with Crippen LogP contribution in [0, 0.1) is 5.92 Å². The van der Waals surface area contributed by atoms with Crippen molar-refractivity contribution in [3.05, 3.63) is 29.8 Å². The number of benzene rings is 1. The number of amides is 2. The topological polar surface area (TPSA) is 109 Å². The minimum Gasteiger partial charge on any atom is -0.333 e. The van der Waals surface area contributed by atoms with E-state index in [1.54, 1.807) is 4.90 Å². The second-order valence-corrected chi connectivity index (χ2v) is 11.3. The van der Waals surface area contributed by atoms with Gasteiger partial charge in [0.15, 0.2) is 9.84 Å². The van der Waals surface area contributed by atoms with Gasteiger partial charge in [-0.25, -0.2) is 21.1 Å². The van der Waals surface area contributed by atoms with Gasteiger partial charge >= 0.3 is 0 Å². The Morgan fingerprint density at radius 3 is 2.21 bits per heavy atom. The summed E-state index contributed by atoms with van der Waals surface area (Å²) in [6.45, 7) is 2.26. The van der Waals surface area contributed by atoms with Crippen LogP contribution < -0.4 is 0 Å². The summed E-state index contributed by atoms with van der Waals surface area (Å²) in [5.41, 5.74) is 0.313. The van der Waals surface area contributed by atoms with Crippen molar-refractivity contribution in [2.45, 2.75) is 43.2 Å². The molecule has 3 rings (SSSR count). The number of sulfonamides is 1. The summed E-state index contributed by atoms with van der Waals surface area (Å²) in [6, 6.07) is 4.62. The SMILES string of the molecule is CCC[C@H]1C(=O)N(S(C)(=O)=O)[C@H]2CCN(C(=O)c3ccc(S(C)(=O)=O)cc3)[C@H]12.